The Labute approximate surface area is 228 Å². The number of allylic oxidation sites excluding steroid dienone is 2. The molecule has 191 valence electrons. The quantitative estimate of drug-likeness (QED) is 0.144. The molecule has 5 rings (SSSR count). The SMILES string of the molecule is CC(=O)/C=C(/C)O.COc1c[c-]c(-c2cc(CO)ccn2)c(-n2c3ccccc3c3ncccc32)c1.[Ir]. The smallest absolute Gasteiger partial charge is 0.155 e. The zero-order chi connectivity index (χ0) is 25.7. The average molecular weight is 673 g/mol. The van der Waals surface area contributed by atoms with Gasteiger partial charge in [-0.05, 0) is 55.1 Å². The van der Waals surface area contributed by atoms with Crippen molar-refractivity contribution in [1.82, 2.24) is 14.5 Å². The number of benzene rings is 2. The van der Waals surface area contributed by atoms with Gasteiger partial charge in [0.2, 0.25) is 0 Å². The molecule has 0 aliphatic rings. The van der Waals surface area contributed by atoms with Crippen molar-refractivity contribution in [2.45, 2.75) is 20.5 Å². The third-order valence-electron chi connectivity index (χ3n) is 5.47. The maximum absolute atomic E-state index is 10.0. The van der Waals surface area contributed by atoms with E-state index in [0.29, 0.717) is 5.75 Å². The number of aliphatic hydroxyl groups excluding tert-OH is 2. The number of methoxy groups -OCH3 is 1. The molecule has 37 heavy (non-hydrogen) atoms. The molecular formula is C29H26IrN3O4-. The number of fused-ring (bicyclic) bond motifs is 3. The standard InChI is InChI=1S/C24H18N3O2.C5H8O2.Ir/c1-29-17-8-9-18(20-13-16(15-28)10-12-25-20)23(14-17)27-21-6-3-2-5-19(21)24-22(27)7-4-11-26-24;1-4(6)3-5(2)7;/h2-8,10-14,28H,15H2,1H3;3,6H,1-2H3;/q-1;;/b;4-3-;. The number of hydrogen-bond donors (Lipinski definition) is 2. The van der Waals surface area contributed by atoms with Crippen molar-refractivity contribution in [2.24, 2.45) is 0 Å². The molecule has 3 aromatic heterocycles. The summed E-state index contributed by atoms with van der Waals surface area (Å²) in [5.41, 5.74) is 6.24. The minimum Gasteiger partial charge on any atom is -0.540 e. The van der Waals surface area contributed by atoms with Gasteiger partial charge in [-0.25, -0.2) is 0 Å². The molecular weight excluding hydrogens is 647 g/mol. The van der Waals surface area contributed by atoms with E-state index in [1.165, 1.54) is 19.9 Å². The van der Waals surface area contributed by atoms with Gasteiger partial charge in [0, 0.05) is 55.2 Å². The van der Waals surface area contributed by atoms with E-state index in [0.717, 1.165) is 44.4 Å². The molecule has 0 atom stereocenters. The number of nitrogens with zero attached hydrogens (tertiary/aromatic N) is 3. The van der Waals surface area contributed by atoms with Crippen LogP contribution in [-0.2, 0) is 31.5 Å². The molecule has 1 radical (unpaired) electrons. The first-order valence-electron chi connectivity index (χ1n) is 11.3. The molecule has 5 aromatic rings. The predicted octanol–water partition coefficient (Wildman–Crippen LogP) is 5.58. The summed E-state index contributed by atoms with van der Waals surface area (Å²) in [6.45, 7) is 2.81. The van der Waals surface area contributed by atoms with Gasteiger partial charge in [0.15, 0.2) is 5.78 Å². The van der Waals surface area contributed by atoms with Crippen LogP contribution in [0.3, 0.4) is 0 Å². The average Bonchev–Trinajstić information content (AvgIpc) is 3.22. The second-order valence-corrected chi connectivity index (χ2v) is 8.13. The first-order chi connectivity index (χ1) is 17.4. The first-order valence-corrected chi connectivity index (χ1v) is 11.3. The molecule has 0 fully saturated rings. The number of ether oxygens (including phenoxy) is 1. The van der Waals surface area contributed by atoms with Crippen molar-refractivity contribution in [2.75, 3.05) is 7.11 Å². The monoisotopic (exact) mass is 673 g/mol. The third-order valence-corrected chi connectivity index (χ3v) is 5.47. The number of carbonyl (C=O) groups excluding carboxylic acids is 1. The molecule has 2 aromatic carbocycles. The van der Waals surface area contributed by atoms with E-state index in [4.69, 9.17) is 9.84 Å². The molecule has 0 saturated heterocycles. The second-order valence-electron chi connectivity index (χ2n) is 8.13. The number of rotatable bonds is 5. The Morgan fingerprint density at radius 3 is 2.49 bits per heavy atom. The maximum Gasteiger partial charge on any atom is 0.155 e. The fraction of sp³-hybridized carbons (Fsp3) is 0.138. The molecule has 0 saturated carbocycles. The zero-order valence-corrected chi connectivity index (χ0v) is 23.0. The van der Waals surface area contributed by atoms with Gasteiger partial charge in [-0.3, -0.25) is 9.78 Å². The molecule has 0 aliphatic heterocycles. The van der Waals surface area contributed by atoms with Crippen molar-refractivity contribution in [1.29, 1.82) is 0 Å². The predicted molar refractivity (Wildman–Crippen MR) is 140 cm³/mol. The van der Waals surface area contributed by atoms with Crippen LogP contribution in [0.4, 0.5) is 0 Å². The Kier molecular flexibility index (Phi) is 9.31. The largest absolute Gasteiger partial charge is 0.540 e. The van der Waals surface area contributed by atoms with Crippen molar-refractivity contribution < 1.29 is 39.8 Å². The number of aromatic nitrogens is 3. The van der Waals surface area contributed by atoms with Gasteiger partial charge < -0.3 is 24.5 Å². The molecule has 0 amide bonds. The van der Waals surface area contributed by atoms with Gasteiger partial charge in [0.1, 0.15) is 0 Å². The van der Waals surface area contributed by atoms with Crippen LogP contribution in [0.1, 0.15) is 19.4 Å². The first kappa shape index (κ1) is 27.7. The van der Waals surface area contributed by atoms with Crippen LogP contribution < -0.4 is 4.74 Å². The summed E-state index contributed by atoms with van der Waals surface area (Å²) in [4.78, 5) is 19.2. The molecule has 0 spiro atoms. The van der Waals surface area contributed by atoms with Crippen LogP contribution >= 0.6 is 0 Å². The van der Waals surface area contributed by atoms with Crippen LogP contribution in [0.15, 0.2) is 84.9 Å². The van der Waals surface area contributed by atoms with E-state index in [2.05, 4.69) is 38.8 Å². The van der Waals surface area contributed by atoms with E-state index in [9.17, 15) is 9.90 Å². The summed E-state index contributed by atoms with van der Waals surface area (Å²) >= 11 is 0. The molecule has 7 nitrogen and oxygen atoms in total. The molecule has 0 unspecified atom stereocenters. The van der Waals surface area contributed by atoms with Gasteiger partial charge >= 0.3 is 0 Å². The molecule has 0 aliphatic carbocycles. The minimum absolute atomic E-state index is 0. The van der Waals surface area contributed by atoms with Gasteiger partial charge in [0.05, 0.1) is 30.5 Å². The van der Waals surface area contributed by atoms with Gasteiger partial charge in [-0.15, -0.1) is 17.7 Å². The topological polar surface area (TPSA) is 97.5 Å². The normalized spacial score (nSPS) is 11.0. The molecule has 8 heteroatoms. The Morgan fingerprint density at radius 2 is 1.81 bits per heavy atom. The Balaban J connectivity index is 0.000000422. The van der Waals surface area contributed by atoms with E-state index in [1.807, 2.05) is 36.5 Å². The van der Waals surface area contributed by atoms with Gasteiger partial charge in [0.25, 0.3) is 0 Å². The summed E-state index contributed by atoms with van der Waals surface area (Å²) < 4.78 is 7.66. The zero-order valence-electron chi connectivity index (χ0n) is 20.6. The van der Waals surface area contributed by atoms with E-state index >= 15 is 0 Å². The Bertz CT molecular complexity index is 1520. The van der Waals surface area contributed by atoms with Crippen molar-refractivity contribution in [3.8, 4) is 22.7 Å². The van der Waals surface area contributed by atoms with Crippen LogP contribution in [0, 0.1) is 6.07 Å². The summed E-state index contributed by atoms with van der Waals surface area (Å²) in [6, 6.07) is 23.0. The number of hydrogen-bond acceptors (Lipinski definition) is 6. The van der Waals surface area contributed by atoms with Crippen LogP contribution in [0.5, 0.6) is 5.75 Å². The van der Waals surface area contributed by atoms with Crippen molar-refractivity contribution >= 4 is 27.7 Å². The number of carbonyl (C=O) groups is 1. The molecule has 0 bridgehead atoms. The minimum atomic E-state index is -0.125. The third kappa shape index (κ3) is 6.12. The van der Waals surface area contributed by atoms with E-state index < -0.39 is 0 Å². The number of para-hydroxylation sites is 1. The van der Waals surface area contributed by atoms with E-state index in [1.54, 1.807) is 25.4 Å². The number of pyridine rings is 2. The summed E-state index contributed by atoms with van der Waals surface area (Å²) in [7, 11) is 1.64. The fourth-order valence-corrected chi connectivity index (χ4v) is 4.01. The van der Waals surface area contributed by atoms with Gasteiger partial charge in [-0.1, -0.05) is 30.3 Å². The van der Waals surface area contributed by atoms with Crippen molar-refractivity contribution in [3.05, 3.63) is 96.5 Å². The summed E-state index contributed by atoms with van der Waals surface area (Å²) in [5, 5.41) is 19.0. The van der Waals surface area contributed by atoms with Crippen LogP contribution in [-0.4, -0.2) is 37.6 Å². The fourth-order valence-electron chi connectivity index (χ4n) is 4.01. The van der Waals surface area contributed by atoms with E-state index in [-0.39, 0.29) is 38.3 Å². The van der Waals surface area contributed by atoms with Crippen LogP contribution in [0.25, 0.3) is 38.9 Å². The summed E-state index contributed by atoms with van der Waals surface area (Å²) in [6.07, 6.45) is 4.68. The van der Waals surface area contributed by atoms with Crippen molar-refractivity contribution in [3.63, 3.8) is 0 Å². The summed E-state index contributed by atoms with van der Waals surface area (Å²) in [5.74, 6) is 0.643. The number of ketones is 1. The van der Waals surface area contributed by atoms with Crippen LogP contribution in [0.2, 0.25) is 0 Å². The van der Waals surface area contributed by atoms with Gasteiger partial charge in [-0.2, -0.15) is 0 Å². The maximum atomic E-state index is 10.0. The molecule has 3 heterocycles. The second kappa shape index (κ2) is 12.4. The number of aliphatic hydroxyl groups is 2. The Hall–Kier alpha value is -3.84. The molecule has 2 N–H and O–H groups in total. The Morgan fingerprint density at radius 1 is 1.05 bits per heavy atom.